The van der Waals surface area contributed by atoms with E-state index in [0.717, 1.165) is 35.8 Å². The van der Waals surface area contributed by atoms with Gasteiger partial charge >= 0.3 is 0 Å². The number of hydrogen-bond acceptors (Lipinski definition) is 4. The summed E-state index contributed by atoms with van der Waals surface area (Å²) in [4.78, 5) is 2.24. The smallest absolute Gasteiger partial charge is 0.148 e. The average molecular weight is 264 g/mol. The van der Waals surface area contributed by atoms with Crippen molar-refractivity contribution in [2.75, 3.05) is 39.3 Å². The Hall–Kier alpha value is -1.42. The summed E-state index contributed by atoms with van der Waals surface area (Å²) >= 11 is 0. The Morgan fingerprint density at radius 3 is 2.42 bits per heavy atom. The van der Waals surface area contributed by atoms with Crippen LogP contribution >= 0.6 is 0 Å². The maximum Gasteiger partial charge on any atom is 0.148 e. The van der Waals surface area contributed by atoms with E-state index in [1.807, 2.05) is 13.0 Å². The predicted octanol–water partition coefficient (Wildman–Crippen LogP) is 2.19. The first-order valence-electron chi connectivity index (χ1n) is 6.69. The third kappa shape index (κ3) is 2.63. The summed E-state index contributed by atoms with van der Waals surface area (Å²) in [6.07, 6.45) is 2.45. The minimum atomic E-state index is 0.313. The summed E-state index contributed by atoms with van der Waals surface area (Å²) in [6, 6.07) is 4.04. The van der Waals surface area contributed by atoms with Gasteiger partial charge in [-0.25, -0.2) is 0 Å². The number of ether oxygens (including phenoxy) is 2. The number of nitrogens with two attached hydrogens (primary N) is 1. The maximum atomic E-state index is 5.86. The normalized spacial score (nSPS) is 16.1. The second-order valence-corrected chi connectivity index (χ2v) is 5.51. The molecule has 2 rings (SSSR count). The second-order valence-electron chi connectivity index (χ2n) is 5.51. The summed E-state index contributed by atoms with van der Waals surface area (Å²) in [5.41, 5.74) is 8.31. The molecule has 0 amide bonds. The lowest BCUT2D eigenvalue weighted by atomic mass is 10.1. The molecule has 1 aliphatic carbocycles. The molecule has 1 aromatic rings. The molecule has 0 atom stereocenters. The van der Waals surface area contributed by atoms with Crippen LogP contribution in [0.4, 0.5) is 5.69 Å². The number of benzene rings is 1. The van der Waals surface area contributed by atoms with E-state index in [-0.39, 0.29) is 0 Å². The number of hydrogen-bond donors (Lipinski definition) is 1. The Kier molecular flexibility index (Phi) is 3.90. The Bertz CT molecular complexity index is 456. The monoisotopic (exact) mass is 264 g/mol. The molecule has 1 fully saturated rings. The van der Waals surface area contributed by atoms with Crippen LogP contribution in [0, 0.1) is 12.3 Å². The van der Waals surface area contributed by atoms with Crippen LogP contribution in [-0.2, 0) is 0 Å². The molecule has 1 aliphatic rings. The topological polar surface area (TPSA) is 47.7 Å². The van der Waals surface area contributed by atoms with Gasteiger partial charge in [-0.3, -0.25) is 0 Å². The molecule has 19 heavy (non-hydrogen) atoms. The predicted molar refractivity (Wildman–Crippen MR) is 78.3 cm³/mol. The number of anilines is 1. The van der Waals surface area contributed by atoms with Crippen LogP contribution in [0.25, 0.3) is 0 Å². The molecule has 0 aliphatic heterocycles. The van der Waals surface area contributed by atoms with Crippen LogP contribution in [0.2, 0.25) is 0 Å². The maximum absolute atomic E-state index is 5.86. The van der Waals surface area contributed by atoms with Crippen molar-refractivity contribution in [1.29, 1.82) is 0 Å². The third-order valence-electron chi connectivity index (χ3n) is 4.13. The van der Waals surface area contributed by atoms with Gasteiger partial charge in [-0.2, -0.15) is 0 Å². The highest BCUT2D eigenvalue weighted by Gasteiger charge is 2.42. The molecule has 0 bridgehead atoms. The van der Waals surface area contributed by atoms with Crippen molar-refractivity contribution in [2.24, 2.45) is 11.1 Å². The lowest BCUT2D eigenvalue weighted by Gasteiger charge is -2.27. The van der Waals surface area contributed by atoms with E-state index >= 15 is 0 Å². The second kappa shape index (κ2) is 5.29. The number of rotatable bonds is 6. The van der Waals surface area contributed by atoms with Crippen LogP contribution in [0.3, 0.4) is 0 Å². The highest BCUT2D eigenvalue weighted by Crippen LogP contribution is 2.46. The fraction of sp³-hybridized carbons (Fsp3) is 0.600. The SMILES string of the molecule is COc1ccc(N(C)CC2(CN)CC2)c(OC)c1C. The molecule has 1 saturated carbocycles. The lowest BCUT2D eigenvalue weighted by molar-refractivity contribution is 0.388. The zero-order chi connectivity index (χ0) is 14.0. The Morgan fingerprint density at radius 1 is 1.26 bits per heavy atom. The summed E-state index contributed by atoms with van der Waals surface area (Å²) in [5, 5.41) is 0. The summed E-state index contributed by atoms with van der Waals surface area (Å²) < 4.78 is 10.9. The van der Waals surface area contributed by atoms with Gasteiger partial charge in [0.2, 0.25) is 0 Å². The molecule has 0 spiro atoms. The molecule has 0 unspecified atom stereocenters. The lowest BCUT2D eigenvalue weighted by Crippen LogP contribution is -2.31. The minimum Gasteiger partial charge on any atom is -0.496 e. The Labute approximate surface area is 115 Å². The summed E-state index contributed by atoms with van der Waals surface area (Å²) in [5.74, 6) is 1.74. The molecular weight excluding hydrogens is 240 g/mol. The van der Waals surface area contributed by atoms with Gasteiger partial charge in [0, 0.05) is 24.6 Å². The van der Waals surface area contributed by atoms with E-state index in [0.29, 0.717) is 5.41 Å². The molecule has 0 heterocycles. The highest BCUT2D eigenvalue weighted by atomic mass is 16.5. The van der Waals surface area contributed by atoms with Gasteiger partial charge in [0.05, 0.1) is 19.9 Å². The van der Waals surface area contributed by atoms with Crippen molar-refractivity contribution in [3.05, 3.63) is 17.7 Å². The van der Waals surface area contributed by atoms with Gasteiger partial charge in [0.15, 0.2) is 0 Å². The minimum absolute atomic E-state index is 0.313. The van der Waals surface area contributed by atoms with Crippen LogP contribution in [0.15, 0.2) is 12.1 Å². The van der Waals surface area contributed by atoms with Gasteiger partial charge in [-0.05, 0) is 38.4 Å². The van der Waals surface area contributed by atoms with Crippen molar-refractivity contribution in [3.63, 3.8) is 0 Å². The summed E-state index contributed by atoms with van der Waals surface area (Å²) in [7, 11) is 5.48. The number of nitrogens with zero attached hydrogens (tertiary/aromatic N) is 1. The van der Waals surface area contributed by atoms with Crippen molar-refractivity contribution in [2.45, 2.75) is 19.8 Å². The van der Waals surface area contributed by atoms with E-state index in [1.165, 1.54) is 12.8 Å². The highest BCUT2D eigenvalue weighted by molar-refractivity contribution is 5.65. The zero-order valence-corrected chi connectivity index (χ0v) is 12.3. The fourth-order valence-electron chi connectivity index (χ4n) is 2.63. The fourth-order valence-corrected chi connectivity index (χ4v) is 2.63. The van der Waals surface area contributed by atoms with Gasteiger partial charge in [0.1, 0.15) is 11.5 Å². The molecule has 4 nitrogen and oxygen atoms in total. The largest absolute Gasteiger partial charge is 0.496 e. The van der Waals surface area contributed by atoms with Crippen LogP contribution in [0.5, 0.6) is 11.5 Å². The van der Waals surface area contributed by atoms with E-state index in [4.69, 9.17) is 15.2 Å². The van der Waals surface area contributed by atoms with E-state index in [9.17, 15) is 0 Å². The van der Waals surface area contributed by atoms with Gasteiger partial charge in [-0.15, -0.1) is 0 Å². The van der Waals surface area contributed by atoms with Crippen molar-refractivity contribution >= 4 is 5.69 Å². The average Bonchev–Trinajstić information content (AvgIpc) is 3.18. The third-order valence-corrected chi connectivity index (χ3v) is 4.13. The van der Waals surface area contributed by atoms with Crippen molar-refractivity contribution < 1.29 is 9.47 Å². The molecule has 106 valence electrons. The first-order chi connectivity index (χ1) is 9.06. The van der Waals surface area contributed by atoms with E-state index < -0.39 is 0 Å². The zero-order valence-electron chi connectivity index (χ0n) is 12.3. The first-order valence-corrected chi connectivity index (χ1v) is 6.69. The van der Waals surface area contributed by atoms with Crippen molar-refractivity contribution in [3.8, 4) is 11.5 Å². The molecular formula is C15H24N2O2. The first kappa shape index (κ1) is 14.0. The molecule has 0 saturated heterocycles. The number of methoxy groups -OCH3 is 2. The Morgan fingerprint density at radius 2 is 1.95 bits per heavy atom. The van der Waals surface area contributed by atoms with E-state index in [2.05, 4.69) is 18.0 Å². The molecule has 4 heteroatoms. The summed E-state index contributed by atoms with van der Waals surface area (Å²) in [6.45, 7) is 3.76. The standard InChI is InChI=1S/C15H24N2O2/c1-11-13(18-3)6-5-12(14(11)19-4)17(2)10-15(9-16)7-8-15/h5-6H,7-10,16H2,1-4H3. The van der Waals surface area contributed by atoms with Gasteiger partial charge < -0.3 is 20.1 Å². The van der Waals surface area contributed by atoms with Crippen molar-refractivity contribution in [1.82, 2.24) is 0 Å². The Balaban J connectivity index is 2.26. The molecule has 2 N–H and O–H groups in total. The quantitative estimate of drug-likeness (QED) is 0.855. The van der Waals surface area contributed by atoms with E-state index in [1.54, 1.807) is 14.2 Å². The van der Waals surface area contributed by atoms with Crippen LogP contribution in [-0.4, -0.2) is 34.4 Å². The van der Waals surface area contributed by atoms with Crippen LogP contribution < -0.4 is 20.1 Å². The van der Waals surface area contributed by atoms with Crippen LogP contribution in [0.1, 0.15) is 18.4 Å². The van der Waals surface area contributed by atoms with Gasteiger partial charge in [0.25, 0.3) is 0 Å². The van der Waals surface area contributed by atoms with Gasteiger partial charge in [-0.1, -0.05) is 0 Å². The molecule has 0 radical (unpaired) electrons. The molecule has 0 aromatic heterocycles. The molecule has 1 aromatic carbocycles.